The molecule has 0 spiro atoms. The van der Waals surface area contributed by atoms with Gasteiger partial charge in [0.05, 0.1) is 12.2 Å². The Kier molecular flexibility index (Phi) is 4.52. The first-order valence-electron chi connectivity index (χ1n) is 10.5. The van der Waals surface area contributed by atoms with Crippen molar-refractivity contribution in [1.29, 1.82) is 0 Å². The molecule has 0 bridgehead atoms. The van der Waals surface area contributed by atoms with E-state index in [0.29, 0.717) is 18.1 Å². The molecule has 3 fully saturated rings. The normalized spacial score (nSPS) is 28.1. The van der Waals surface area contributed by atoms with Crippen molar-refractivity contribution in [3.63, 3.8) is 0 Å². The fourth-order valence-electron chi connectivity index (χ4n) is 4.70. The number of fused-ring (bicyclic) bond motifs is 1. The lowest BCUT2D eigenvalue weighted by Crippen LogP contribution is -2.48. The number of morpholine rings is 1. The summed E-state index contributed by atoms with van der Waals surface area (Å²) in [6, 6.07) is 4.16. The number of aromatic nitrogens is 4. The second-order valence-corrected chi connectivity index (χ2v) is 8.70. The number of piperidine rings is 1. The fourth-order valence-corrected chi connectivity index (χ4v) is 4.70. The predicted octanol–water partition coefficient (Wildman–Crippen LogP) is 2.33. The van der Waals surface area contributed by atoms with Crippen molar-refractivity contribution in [3.05, 3.63) is 18.0 Å². The van der Waals surface area contributed by atoms with Crippen LogP contribution in [0.2, 0.25) is 0 Å². The lowest BCUT2D eigenvalue weighted by Gasteiger charge is -2.39. The molecule has 1 aliphatic carbocycles. The van der Waals surface area contributed by atoms with Crippen molar-refractivity contribution in [2.75, 3.05) is 37.6 Å². The Morgan fingerprint density at radius 1 is 1.00 bits per heavy atom. The zero-order valence-corrected chi connectivity index (χ0v) is 16.4. The average molecular weight is 371 g/mol. The monoisotopic (exact) mass is 370 g/mol. The van der Waals surface area contributed by atoms with Crippen molar-refractivity contribution in [3.8, 4) is 0 Å². The van der Waals surface area contributed by atoms with E-state index in [1.165, 1.54) is 32.2 Å². The van der Waals surface area contributed by atoms with E-state index >= 15 is 0 Å². The molecule has 7 nitrogen and oxygen atoms in total. The molecule has 0 amide bonds. The highest BCUT2D eigenvalue weighted by molar-refractivity contribution is 5.46. The highest BCUT2D eigenvalue weighted by Gasteiger charge is 2.30. The smallest absolute Gasteiger partial charge is 0.178 e. The third-order valence-corrected chi connectivity index (χ3v) is 6.17. The van der Waals surface area contributed by atoms with Crippen molar-refractivity contribution >= 4 is 11.5 Å². The molecule has 27 heavy (non-hydrogen) atoms. The number of nitrogens with zero attached hydrogens (tertiary/aromatic N) is 6. The Hall–Kier alpha value is -1.73. The Bertz CT molecular complexity index is 785. The first-order chi connectivity index (χ1) is 13.2. The van der Waals surface area contributed by atoms with Crippen LogP contribution in [0.1, 0.15) is 51.3 Å². The molecule has 2 unspecified atom stereocenters. The van der Waals surface area contributed by atoms with Crippen LogP contribution in [0, 0.1) is 5.92 Å². The van der Waals surface area contributed by atoms with Gasteiger partial charge in [-0.15, -0.1) is 15.3 Å². The van der Waals surface area contributed by atoms with Crippen LogP contribution in [0.4, 0.5) is 5.82 Å². The van der Waals surface area contributed by atoms with Crippen LogP contribution in [-0.2, 0) is 4.74 Å². The summed E-state index contributed by atoms with van der Waals surface area (Å²) >= 11 is 0. The molecule has 2 saturated heterocycles. The standard InChI is InChI=1S/C20H30N6O/c1-14-11-24(12-15(2)27-14)13-16-7-9-25(10-8-16)19-6-5-18-21-22-20(17-3-4-17)26(18)23-19/h5-6,14-17H,3-4,7-13H2,1-2H3. The molecular weight excluding hydrogens is 340 g/mol. The molecule has 0 N–H and O–H groups in total. The van der Waals surface area contributed by atoms with E-state index in [9.17, 15) is 0 Å². The molecule has 0 aromatic carbocycles. The number of rotatable bonds is 4. The molecule has 7 heteroatoms. The van der Waals surface area contributed by atoms with Crippen molar-refractivity contribution in [2.24, 2.45) is 5.92 Å². The molecule has 2 aromatic rings. The summed E-state index contributed by atoms with van der Waals surface area (Å²) in [5, 5.41) is 13.5. The van der Waals surface area contributed by atoms with Gasteiger partial charge < -0.3 is 9.64 Å². The zero-order valence-electron chi connectivity index (χ0n) is 16.4. The second kappa shape index (κ2) is 7.02. The third kappa shape index (κ3) is 3.67. The van der Waals surface area contributed by atoms with E-state index in [-0.39, 0.29) is 0 Å². The third-order valence-electron chi connectivity index (χ3n) is 6.17. The van der Waals surface area contributed by atoms with Gasteiger partial charge in [0.25, 0.3) is 0 Å². The number of hydrogen-bond donors (Lipinski definition) is 0. The maximum atomic E-state index is 5.87. The van der Waals surface area contributed by atoms with Crippen LogP contribution in [0.3, 0.4) is 0 Å². The minimum Gasteiger partial charge on any atom is -0.373 e. The zero-order chi connectivity index (χ0) is 18.4. The largest absolute Gasteiger partial charge is 0.373 e. The number of ether oxygens (including phenoxy) is 1. The SMILES string of the molecule is CC1CN(CC2CCN(c3ccc4nnc(C5CC5)n4n3)CC2)CC(C)O1. The molecular formula is C20H30N6O. The quantitative estimate of drug-likeness (QED) is 0.823. The Morgan fingerprint density at radius 3 is 2.44 bits per heavy atom. The Morgan fingerprint density at radius 2 is 1.74 bits per heavy atom. The molecule has 2 aliphatic heterocycles. The predicted molar refractivity (Wildman–Crippen MR) is 104 cm³/mol. The lowest BCUT2D eigenvalue weighted by atomic mass is 9.95. The van der Waals surface area contributed by atoms with E-state index in [4.69, 9.17) is 9.84 Å². The summed E-state index contributed by atoms with van der Waals surface area (Å²) in [7, 11) is 0. The maximum absolute atomic E-state index is 5.87. The van der Waals surface area contributed by atoms with Gasteiger partial charge in [-0.05, 0) is 57.6 Å². The van der Waals surface area contributed by atoms with Crippen LogP contribution < -0.4 is 4.90 Å². The molecule has 146 valence electrons. The Balaban J connectivity index is 1.21. The minimum absolute atomic E-state index is 0.356. The van der Waals surface area contributed by atoms with E-state index in [0.717, 1.165) is 49.4 Å². The molecule has 3 aliphatic rings. The number of hydrogen-bond acceptors (Lipinski definition) is 6. The second-order valence-electron chi connectivity index (χ2n) is 8.70. The van der Waals surface area contributed by atoms with Crippen molar-refractivity contribution in [1.82, 2.24) is 24.7 Å². The molecule has 4 heterocycles. The van der Waals surface area contributed by atoms with Crippen LogP contribution >= 0.6 is 0 Å². The summed E-state index contributed by atoms with van der Waals surface area (Å²) in [6.07, 6.45) is 5.62. The van der Waals surface area contributed by atoms with Crippen LogP contribution in [-0.4, -0.2) is 69.6 Å². The van der Waals surface area contributed by atoms with E-state index in [1.54, 1.807) is 0 Å². The van der Waals surface area contributed by atoms with Gasteiger partial charge in [0.2, 0.25) is 0 Å². The lowest BCUT2D eigenvalue weighted by molar-refractivity contribution is -0.0720. The van der Waals surface area contributed by atoms with Gasteiger partial charge in [-0.25, -0.2) is 0 Å². The van der Waals surface area contributed by atoms with Gasteiger partial charge in [-0.3, -0.25) is 4.90 Å². The van der Waals surface area contributed by atoms with E-state index in [2.05, 4.69) is 46.0 Å². The van der Waals surface area contributed by atoms with Crippen LogP contribution in [0.25, 0.3) is 5.65 Å². The van der Waals surface area contributed by atoms with Crippen molar-refractivity contribution < 1.29 is 4.74 Å². The highest BCUT2D eigenvalue weighted by atomic mass is 16.5. The minimum atomic E-state index is 0.356. The van der Waals surface area contributed by atoms with Crippen LogP contribution in [0.5, 0.6) is 0 Å². The van der Waals surface area contributed by atoms with E-state index in [1.807, 2.05) is 4.52 Å². The van der Waals surface area contributed by atoms with E-state index < -0.39 is 0 Å². The summed E-state index contributed by atoms with van der Waals surface area (Å²) < 4.78 is 7.84. The van der Waals surface area contributed by atoms with Gasteiger partial charge in [-0.2, -0.15) is 4.52 Å². The first kappa shape index (κ1) is 17.4. The molecule has 5 rings (SSSR count). The maximum Gasteiger partial charge on any atom is 0.178 e. The molecule has 2 atom stereocenters. The summed E-state index contributed by atoms with van der Waals surface area (Å²) in [5.41, 5.74) is 0.867. The Labute approximate surface area is 160 Å². The summed E-state index contributed by atoms with van der Waals surface area (Å²) in [4.78, 5) is 5.03. The van der Waals surface area contributed by atoms with Gasteiger partial charge in [-0.1, -0.05) is 0 Å². The van der Waals surface area contributed by atoms with Gasteiger partial charge in [0.15, 0.2) is 11.5 Å². The first-order valence-corrected chi connectivity index (χ1v) is 10.5. The van der Waals surface area contributed by atoms with Gasteiger partial charge >= 0.3 is 0 Å². The molecule has 0 radical (unpaired) electrons. The average Bonchev–Trinajstić information content (AvgIpc) is 3.40. The molecule has 2 aromatic heterocycles. The summed E-state index contributed by atoms with van der Waals surface area (Å²) in [5.74, 6) is 3.44. The van der Waals surface area contributed by atoms with Gasteiger partial charge in [0, 0.05) is 38.6 Å². The topological polar surface area (TPSA) is 58.8 Å². The summed E-state index contributed by atoms with van der Waals surface area (Å²) in [6.45, 7) is 9.89. The van der Waals surface area contributed by atoms with Crippen LogP contribution in [0.15, 0.2) is 12.1 Å². The number of anilines is 1. The highest BCUT2D eigenvalue weighted by Crippen LogP contribution is 2.38. The molecule has 1 saturated carbocycles. The van der Waals surface area contributed by atoms with Gasteiger partial charge in [0.1, 0.15) is 5.82 Å². The van der Waals surface area contributed by atoms with Crippen molar-refractivity contribution in [2.45, 2.75) is 57.7 Å². The fraction of sp³-hybridized carbons (Fsp3) is 0.750.